The number of ether oxygens (including phenoxy) is 1. The van der Waals surface area contributed by atoms with Gasteiger partial charge in [-0.3, -0.25) is 9.59 Å². The van der Waals surface area contributed by atoms with Gasteiger partial charge in [-0.2, -0.15) is 13.2 Å². The second kappa shape index (κ2) is 12.4. The number of rotatable bonds is 12. The van der Waals surface area contributed by atoms with Crippen molar-refractivity contribution >= 4 is 11.9 Å². The highest BCUT2D eigenvalue weighted by Crippen LogP contribution is 2.14. The maximum Gasteiger partial charge on any atom is 0.471 e. The summed E-state index contributed by atoms with van der Waals surface area (Å²) < 4.78 is 41.4. The van der Waals surface area contributed by atoms with Crippen molar-refractivity contribution in [2.75, 3.05) is 13.2 Å². The molecule has 1 aromatic carbocycles. The molecule has 28 heavy (non-hydrogen) atoms. The number of carbonyl (C=O) groups excluding carboxylic acids is 2. The summed E-state index contributed by atoms with van der Waals surface area (Å²) in [6.45, 7) is 3.95. The van der Waals surface area contributed by atoms with Crippen molar-refractivity contribution in [3.63, 3.8) is 0 Å². The molecule has 2 atom stereocenters. The maximum absolute atomic E-state index is 12.2. The molecule has 0 unspecified atom stereocenters. The van der Waals surface area contributed by atoms with Crippen LogP contribution < -0.4 is 10.6 Å². The van der Waals surface area contributed by atoms with Crippen LogP contribution in [0.25, 0.3) is 0 Å². The molecular weight excluding hydrogens is 373 g/mol. The first-order chi connectivity index (χ1) is 13.2. The average Bonchev–Trinajstić information content (AvgIpc) is 2.64. The predicted octanol–water partition coefficient (Wildman–Crippen LogP) is 3.38. The van der Waals surface area contributed by atoms with Crippen LogP contribution in [-0.2, 0) is 20.7 Å². The summed E-state index contributed by atoms with van der Waals surface area (Å²) in [5, 5.41) is 5.11. The topological polar surface area (TPSA) is 67.4 Å². The number of amides is 1. The van der Waals surface area contributed by atoms with E-state index in [0.29, 0.717) is 32.3 Å². The molecule has 0 aliphatic carbocycles. The number of halogens is 3. The first kappa shape index (κ1) is 23.9. The SMILES string of the molecule is CCOC(=O)[C@H](CCc1ccccc1)N[C@H](C)CCCCNC(=O)C(F)(F)F. The molecule has 0 aliphatic rings. The highest BCUT2D eigenvalue weighted by Gasteiger charge is 2.38. The summed E-state index contributed by atoms with van der Waals surface area (Å²) in [4.78, 5) is 22.9. The minimum Gasteiger partial charge on any atom is -0.465 e. The van der Waals surface area contributed by atoms with E-state index in [0.717, 1.165) is 12.0 Å². The summed E-state index contributed by atoms with van der Waals surface area (Å²) in [5.41, 5.74) is 1.13. The van der Waals surface area contributed by atoms with Crippen molar-refractivity contribution in [1.82, 2.24) is 10.6 Å². The lowest BCUT2D eigenvalue weighted by molar-refractivity contribution is -0.173. The molecule has 158 valence electrons. The fourth-order valence-electron chi connectivity index (χ4n) is 2.77. The Hall–Kier alpha value is -2.09. The predicted molar refractivity (Wildman–Crippen MR) is 101 cm³/mol. The number of nitrogens with one attached hydrogen (secondary N) is 2. The molecule has 0 heterocycles. The van der Waals surface area contributed by atoms with Crippen LogP contribution in [0.3, 0.4) is 0 Å². The Balaban J connectivity index is 2.38. The Morgan fingerprint density at radius 2 is 1.79 bits per heavy atom. The smallest absolute Gasteiger partial charge is 0.465 e. The highest BCUT2D eigenvalue weighted by atomic mass is 19.4. The Bertz CT molecular complexity index is 594. The Morgan fingerprint density at radius 3 is 2.39 bits per heavy atom. The molecule has 1 amide bonds. The fraction of sp³-hybridized carbons (Fsp3) is 0.600. The standard InChI is InChI=1S/C20H29F3N2O3/c1-3-28-18(26)17(13-12-16-10-5-4-6-11-16)25-15(2)9-7-8-14-24-19(27)20(21,22)23/h4-6,10-11,15,17,25H,3,7-9,12-14H2,1-2H3,(H,24,27)/t15-,17+/m1/s1. The van der Waals surface area contributed by atoms with Crippen LogP contribution in [0.5, 0.6) is 0 Å². The number of carbonyl (C=O) groups is 2. The van der Waals surface area contributed by atoms with Crippen molar-refractivity contribution in [2.45, 2.75) is 64.2 Å². The number of esters is 1. The molecule has 0 fully saturated rings. The lowest BCUT2D eigenvalue weighted by atomic mass is 10.0. The van der Waals surface area contributed by atoms with Gasteiger partial charge in [0.25, 0.3) is 0 Å². The average molecular weight is 402 g/mol. The van der Waals surface area contributed by atoms with Crippen LogP contribution >= 0.6 is 0 Å². The zero-order valence-electron chi connectivity index (χ0n) is 16.3. The van der Waals surface area contributed by atoms with Crippen LogP contribution in [0.1, 0.15) is 45.1 Å². The van der Waals surface area contributed by atoms with Gasteiger partial charge in [0.1, 0.15) is 6.04 Å². The van der Waals surface area contributed by atoms with Gasteiger partial charge >= 0.3 is 18.1 Å². The molecule has 1 aromatic rings. The van der Waals surface area contributed by atoms with E-state index in [-0.39, 0.29) is 18.6 Å². The van der Waals surface area contributed by atoms with Crippen LogP contribution in [0.4, 0.5) is 13.2 Å². The number of aryl methyl sites for hydroxylation is 1. The zero-order valence-corrected chi connectivity index (χ0v) is 16.3. The zero-order chi connectivity index (χ0) is 21.0. The molecule has 0 aromatic heterocycles. The van der Waals surface area contributed by atoms with E-state index in [1.165, 1.54) is 0 Å². The van der Waals surface area contributed by atoms with E-state index >= 15 is 0 Å². The van der Waals surface area contributed by atoms with Gasteiger partial charge in [0.05, 0.1) is 6.61 Å². The normalized spacial score (nSPS) is 13.6. The minimum absolute atomic E-state index is 0.0107. The minimum atomic E-state index is -4.85. The lowest BCUT2D eigenvalue weighted by Crippen LogP contribution is -2.43. The molecule has 8 heteroatoms. The molecule has 0 bridgehead atoms. The monoisotopic (exact) mass is 402 g/mol. The molecule has 5 nitrogen and oxygen atoms in total. The van der Waals surface area contributed by atoms with Gasteiger partial charge in [0, 0.05) is 12.6 Å². The van der Waals surface area contributed by atoms with Gasteiger partial charge in [-0.1, -0.05) is 36.8 Å². The van der Waals surface area contributed by atoms with Gasteiger partial charge in [0.15, 0.2) is 0 Å². The number of hydrogen-bond donors (Lipinski definition) is 2. The van der Waals surface area contributed by atoms with Gasteiger partial charge in [-0.05, 0) is 45.1 Å². The molecule has 0 spiro atoms. The molecular formula is C20H29F3N2O3. The third-order valence-corrected chi connectivity index (χ3v) is 4.23. The van der Waals surface area contributed by atoms with Crippen molar-refractivity contribution in [3.8, 4) is 0 Å². The van der Waals surface area contributed by atoms with Crippen molar-refractivity contribution in [3.05, 3.63) is 35.9 Å². The lowest BCUT2D eigenvalue weighted by Gasteiger charge is -2.22. The van der Waals surface area contributed by atoms with Gasteiger partial charge in [-0.15, -0.1) is 0 Å². The van der Waals surface area contributed by atoms with E-state index in [4.69, 9.17) is 4.74 Å². The molecule has 0 saturated heterocycles. The molecule has 0 saturated carbocycles. The third kappa shape index (κ3) is 9.73. The maximum atomic E-state index is 12.2. The molecule has 0 radical (unpaired) electrons. The summed E-state index contributed by atoms with van der Waals surface area (Å²) in [6.07, 6.45) is -1.80. The Kier molecular flexibility index (Phi) is 10.6. The van der Waals surface area contributed by atoms with E-state index in [1.807, 2.05) is 42.6 Å². The summed E-state index contributed by atoms with van der Waals surface area (Å²) in [5.74, 6) is -2.22. The van der Waals surface area contributed by atoms with Gasteiger partial charge in [0.2, 0.25) is 0 Å². The van der Waals surface area contributed by atoms with Crippen LogP contribution in [0.2, 0.25) is 0 Å². The number of alkyl halides is 3. The summed E-state index contributed by atoms with van der Waals surface area (Å²) in [6, 6.07) is 9.37. The number of hydrogen-bond acceptors (Lipinski definition) is 4. The summed E-state index contributed by atoms with van der Waals surface area (Å²) in [7, 11) is 0. The Labute approximate surface area is 164 Å². The molecule has 0 aliphatic heterocycles. The fourth-order valence-corrected chi connectivity index (χ4v) is 2.77. The van der Waals surface area contributed by atoms with Crippen molar-refractivity contribution in [2.24, 2.45) is 0 Å². The Morgan fingerprint density at radius 1 is 1.11 bits per heavy atom. The third-order valence-electron chi connectivity index (χ3n) is 4.23. The van der Waals surface area contributed by atoms with Gasteiger partial charge < -0.3 is 15.4 Å². The highest BCUT2D eigenvalue weighted by molar-refractivity contribution is 5.81. The second-order valence-corrected chi connectivity index (χ2v) is 6.65. The van der Waals surface area contributed by atoms with E-state index in [1.54, 1.807) is 6.92 Å². The van der Waals surface area contributed by atoms with Crippen LogP contribution in [-0.4, -0.2) is 43.3 Å². The number of benzene rings is 1. The van der Waals surface area contributed by atoms with E-state index < -0.39 is 18.1 Å². The summed E-state index contributed by atoms with van der Waals surface area (Å²) >= 11 is 0. The first-order valence-corrected chi connectivity index (χ1v) is 9.55. The van der Waals surface area contributed by atoms with Crippen molar-refractivity contribution in [1.29, 1.82) is 0 Å². The number of unbranched alkanes of at least 4 members (excludes halogenated alkanes) is 1. The second-order valence-electron chi connectivity index (χ2n) is 6.65. The van der Waals surface area contributed by atoms with E-state index in [9.17, 15) is 22.8 Å². The van der Waals surface area contributed by atoms with Crippen LogP contribution in [0, 0.1) is 0 Å². The van der Waals surface area contributed by atoms with Crippen molar-refractivity contribution < 1.29 is 27.5 Å². The molecule has 1 rings (SSSR count). The quantitative estimate of drug-likeness (QED) is 0.416. The van der Waals surface area contributed by atoms with E-state index in [2.05, 4.69) is 5.32 Å². The van der Waals surface area contributed by atoms with Gasteiger partial charge in [-0.25, -0.2) is 0 Å². The largest absolute Gasteiger partial charge is 0.471 e. The van der Waals surface area contributed by atoms with Crippen LogP contribution in [0.15, 0.2) is 30.3 Å². The molecule has 2 N–H and O–H groups in total. The first-order valence-electron chi connectivity index (χ1n) is 9.55.